The highest BCUT2D eigenvalue weighted by molar-refractivity contribution is 6.07. The van der Waals surface area contributed by atoms with Crippen molar-refractivity contribution in [2.45, 2.75) is 19.3 Å². The van der Waals surface area contributed by atoms with Gasteiger partial charge < -0.3 is 15.0 Å². The molecule has 6 heteroatoms. The van der Waals surface area contributed by atoms with Gasteiger partial charge in [0.2, 0.25) is 0 Å². The molecule has 3 aromatic rings. The first kappa shape index (κ1) is 19.5. The summed E-state index contributed by atoms with van der Waals surface area (Å²) in [5.41, 5.74) is 1.79. The molecule has 1 amide bonds. The van der Waals surface area contributed by atoms with Gasteiger partial charge in [-0.2, -0.15) is 5.26 Å². The quantitative estimate of drug-likeness (QED) is 0.655. The van der Waals surface area contributed by atoms with E-state index >= 15 is 0 Å². The minimum atomic E-state index is -0.181. The molecule has 0 atom stereocenters. The van der Waals surface area contributed by atoms with Crippen molar-refractivity contribution >= 4 is 17.4 Å². The maximum atomic E-state index is 12.9. The van der Waals surface area contributed by atoms with Gasteiger partial charge in [0.05, 0.1) is 17.2 Å². The summed E-state index contributed by atoms with van der Waals surface area (Å²) in [6.45, 7) is 1.85. The van der Waals surface area contributed by atoms with Gasteiger partial charge in [-0.05, 0) is 73.9 Å². The fourth-order valence-electron chi connectivity index (χ4n) is 3.50. The predicted octanol–water partition coefficient (Wildman–Crippen LogP) is 4.99. The third-order valence-corrected chi connectivity index (χ3v) is 5.00. The van der Waals surface area contributed by atoms with Gasteiger partial charge in [0.15, 0.2) is 0 Å². The van der Waals surface area contributed by atoms with Crippen LogP contribution in [-0.4, -0.2) is 24.0 Å². The van der Waals surface area contributed by atoms with E-state index in [2.05, 4.69) is 21.3 Å². The van der Waals surface area contributed by atoms with Crippen LogP contribution < -0.4 is 15.0 Å². The highest BCUT2D eigenvalue weighted by Crippen LogP contribution is 2.25. The zero-order valence-corrected chi connectivity index (χ0v) is 16.5. The number of pyridine rings is 1. The number of benzene rings is 2. The van der Waals surface area contributed by atoms with Gasteiger partial charge in [0, 0.05) is 25.0 Å². The lowest BCUT2D eigenvalue weighted by Crippen LogP contribution is -2.32. The summed E-state index contributed by atoms with van der Waals surface area (Å²) >= 11 is 0. The van der Waals surface area contributed by atoms with Gasteiger partial charge in [-0.25, -0.2) is 4.98 Å². The summed E-state index contributed by atoms with van der Waals surface area (Å²) in [4.78, 5) is 19.5. The van der Waals surface area contributed by atoms with Crippen LogP contribution in [0.3, 0.4) is 0 Å². The maximum absolute atomic E-state index is 12.9. The molecule has 2 aromatic carbocycles. The van der Waals surface area contributed by atoms with Crippen LogP contribution >= 0.6 is 0 Å². The van der Waals surface area contributed by atoms with E-state index in [-0.39, 0.29) is 5.91 Å². The summed E-state index contributed by atoms with van der Waals surface area (Å²) in [5.74, 6) is 1.77. The Labute approximate surface area is 175 Å². The lowest BCUT2D eigenvalue weighted by Gasteiger charge is -2.29. The van der Waals surface area contributed by atoms with E-state index in [1.54, 1.807) is 60.8 Å². The second-order valence-electron chi connectivity index (χ2n) is 7.14. The predicted molar refractivity (Wildman–Crippen MR) is 116 cm³/mol. The van der Waals surface area contributed by atoms with Crippen LogP contribution in [0.25, 0.3) is 0 Å². The Hall–Kier alpha value is -3.85. The van der Waals surface area contributed by atoms with Crippen molar-refractivity contribution in [1.82, 2.24) is 4.98 Å². The van der Waals surface area contributed by atoms with Gasteiger partial charge >= 0.3 is 0 Å². The average Bonchev–Trinajstić information content (AvgIpc) is 2.81. The van der Waals surface area contributed by atoms with Gasteiger partial charge in [-0.3, -0.25) is 4.79 Å². The molecular formula is C24H22N4O2. The number of rotatable bonds is 5. The van der Waals surface area contributed by atoms with Crippen molar-refractivity contribution in [3.63, 3.8) is 0 Å². The average molecular weight is 398 g/mol. The van der Waals surface area contributed by atoms with E-state index in [0.717, 1.165) is 31.7 Å². The van der Waals surface area contributed by atoms with Crippen molar-refractivity contribution in [1.29, 1.82) is 5.26 Å². The third kappa shape index (κ3) is 4.58. The number of hydrogen-bond donors (Lipinski definition) is 1. The van der Waals surface area contributed by atoms with Gasteiger partial charge in [-0.1, -0.05) is 6.07 Å². The molecule has 0 aliphatic carbocycles. The lowest BCUT2D eigenvalue weighted by molar-refractivity contribution is 0.102. The summed E-state index contributed by atoms with van der Waals surface area (Å²) in [5, 5.41) is 11.9. The molecule has 1 aliphatic rings. The Bertz CT molecular complexity index is 1070. The fraction of sp³-hybridized carbons (Fsp3) is 0.208. The van der Waals surface area contributed by atoms with Gasteiger partial charge in [0.1, 0.15) is 17.3 Å². The second-order valence-corrected chi connectivity index (χ2v) is 7.14. The number of aromatic nitrogens is 1. The van der Waals surface area contributed by atoms with E-state index in [9.17, 15) is 4.79 Å². The molecule has 0 saturated carbocycles. The Morgan fingerprint density at radius 2 is 1.80 bits per heavy atom. The number of piperidine rings is 1. The van der Waals surface area contributed by atoms with Crippen LogP contribution in [-0.2, 0) is 0 Å². The van der Waals surface area contributed by atoms with Crippen LogP contribution in [0.5, 0.6) is 11.5 Å². The minimum absolute atomic E-state index is 0.181. The number of carbonyl (C=O) groups is 1. The molecule has 0 spiro atoms. The Morgan fingerprint density at radius 3 is 2.57 bits per heavy atom. The number of anilines is 2. The monoisotopic (exact) mass is 398 g/mol. The molecule has 0 unspecified atom stereocenters. The number of ether oxygens (including phenoxy) is 1. The Morgan fingerprint density at radius 1 is 1.00 bits per heavy atom. The highest BCUT2D eigenvalue weighted by atomic mass is 16.5. The summed E-state index contributed by atoms with van der Waals surface area (Å²) < 4.78 is 5.78. The molecule has 1 aromatic heterocycles. The molecule has 4 rings (SSSR count). The third-order valence-electron chi connectivity index (χ3n) is 5.00. The van der Waals surface area contributed by atoms with Crippen molar-refractivity contribution in [2.24, 2.45) is 0 Å². The van der Waals surface area contributed by atoms with Gasteiger partial charge in [0.25, 0.3) is 5.91 Å². The lowest BCUT2D eigenvalue weighted by atomic mass is 10.1. The zero-order valence-electron chi connectivity index (χ0n) is 16.5. The minimum Gasteiger partial charge on any atom is -0.457 e. The number of nitriles is 1. The number of carbonyl (C=O) groups excluding carboxylic acids is 1. The van der Waals surface area contributed by atoms with Crippen LogP contribution in [0, 0.1) is 11.3 Å². The van der Waals surface area contributed by atoms with E-state index in [4.69, 9.17) is 10.00 Å². The molecule has 150 valence electrons. The first-order valence-corrected chi connectivity index (χ1v) is 10.0. The molecule has 1 saturated heterocycles. The maximum Gasteiger partial charge on any atom is 0.259 e. The molecule has 0 bridgehead atoms. The molecule has 30 heavy (non-hydrogen) atoms. The van der Waals surface area contributed by atoms with Crippen molar-refractivity contribution in [2.75, 3.05) is 23.3 Å². The normalized spacial score (nSPS) is 13.4. The molecule has 1 N–H and O–H groups in total. The van der Waals surface area contributed by atoms with Crippen molar-refractivity contribution in [3.05, 3.63) is 78.0 Å². The molecule has 6 nitrogen and oxygen atoms in total. The summed E-state index contributed by atoms with van der Waals surface area (Å²) in [7, 11) is 0. The van der Waals surface area contributed by atoms with Crippen molar-refractivity contribution in [3.8, 4) is 17.6 Å². The number of amides is 1. The smallest absolute Gasteiger partial charge is 0.259 e. The van der Waals surface area contributed by atoms with Crippen LogP contribution in [0.4, 0.5) is 11.5 Å². The summed E-state index contributed by atoms with van der Waals surface area (Å²) in [6.07, 6.45) is 5.20. The van der Waals surface area contributed by atoms with Crippen LogP contribution in [0.2, 0.25) is 0 Å². The van der Waals surface area contributed by atoms with E-state index in [1.165, 1.54) is 6.42 Å². The molecule has 1 aliphatic heterocycles. The molecule has 1 fully saturated rings. The fourth-order valence-corrected chi connectivity index (χ4v) is 3.50. The number of nitrogens with zero attached hydrogens (tertiary/aromatic N) is 3. The van der Waals surface area contributed by atoms with E-state index in [1.807, 2.05) is 6.07 Å². The Balaban J connectivity index is 1.45. The summed E-state index contributed by atoms with van der Waals surface area (Å²) in [6, 6.07) is 19.8. The van der Waals surface area contributed by atoms with Crippen LogP contribution in [0.1, 0.15) is 35.2 Å². The highest BCUT2D eigenvalue weighted by Gasteiger charge is 2.19. The largest absolute Gasteiger partial charge is 0.457 e. The Kier molecular flexibility index (Phi) is 5.90. The molecule has 0 radical (unpaired) electrons. The number of hydrogen-bond acceptors (Lipinski definition) is 5. The van der Waals surface area contributed by atoms with E-state index in [0.29, 0.717) is 28.3 Å². The first-order valence-electron chi connectivity index (χ1n) is 10.0. The molecule has 2 heterocycles. The SMILES string of the molecule is N#Cc1cccc(Oc2ccc(NC(=O)c3cccnc3N3CCCCC3)cc2)c1. The van der Waals surface area contributed by atoms with E-state index < -0.39 is 0 Å². The standard InChI is InChI=1S/C24H22N4O2/c25-17-18-6-4-7-21(16-18)30-20-11-9-19(10-12-20)27-24(29)22-8-5-13-26-23(22)28-14-2-1-3-15-28/h4-13,16H,1-3,14-15H2,(H,27,29). The zero-order chi connectivity index (χ0) is 20.8. The molecular weight excluding hydrogens is 376 g/mol. The first-order chi connectivity index (χ1) is 14.7. The van der Waals surface area contributed by atoms with Gasteiger partial charge in [-0.15, -0.1) is 0 Å². The number of nitrogens with one attached hydrogen (secondary N) is 1. The topological polar surface area (TPSA) is 78.2 Å². The van der Waals surface area contributed by atoms with Crippen molar-refractivity contribution < 1.29 is 9.53 Å². The van der Waals surface area contributed by atoms with Crippen LogP contribution in [0.15, 0.2) is 66.9 Å². The second kappa shape index (κ2) is 9.10.